The van der Waals surface area contributed by atoms with Gasteiger partial charge < -0.3 is 10.1 Å². The predicted molar refractivity (Wildman–Crippen MR) is 182 cm³/mol. The van der Waals surface area contributed by atoms with E-state index in [4.69, 9.17) is 9.84 Å². The fourth-order valence-electron chi connectivity index (χ4n) is 5.34. The Balaban J connectivity index is 1.23. The normalized spacial score (nSPS) is 14.3. The maximum atomic E-state index is 13.9. The molecule has 2 amide bonds. The lowest BCUT2D eigenvalue weighted by Crippen LogP contribution is -2.28. The van der Waals surface area contributed by atoms with Gasteiger partial charge in [-0.3, -0.25) is 14.2 Å². The van der Waals surface area contributed by atoms with Crippen molar-refractivity contribution in [2.75, 3.05) is 12.9 Å². The van der Waals surface area contributed by atoms with Gasteiger partial charge >= 0.3 is 0 Å². The first-order valence-electron chi connectivity index (χ1n) is 14.9. The zero-order chi connectivity index (χ0) is 32.0. The number of nitrogens with one attached hydrogen (secondary N) is 1. The molecular weight excluding hydrogens is 617 g/mol. The molecule has 0 saturated carbocycles. The average molecular weight is 651 g/mol. The van der Waals surface area contributed by atoms with Crippen molar-refractivity contribution < 1.29 is 14.3 Å². The van der Waals surface area contributed by atoms with Crippen molar-refractivity contribution in [3.05, 3.63) is 123 Å². The fraction of sp³-hybridized carbons (Fsp3) is 0.229. The van der Waals surface area contributed by atoms with Gasteiger partial charge in [-0.05, 0) is 65.7 Å². The SMILES string of the molecule is COc1ccc([C@H]2CC(c3cccs3)=NN2C(=O)CSc2nnc(CNC(=O)Cc3ccccc3)n2-c2cc(C)ccc2C)cc1. The summed E-state index contributed by atoms with van der Waals surface area (Å²) in [5.41, 5.74) is 5.82. The van der Waals surface area contributed by atoms with E-state index in [0.29, 0.717) is 17.4 Å². The highest BCUT2D eigenvalue weighted by molar-refractivity contribution is 7.99. The number of carbonyl (C=O) groups is 2. The molecule has 234 valence electrons. The number of hydrogen-bond donors (Lipinski definition) is 1. The van der Waals surface area contributed by atoms with Crippen LogP contribution in [0.15, 0.2) is 101 Å². The number of benzene rings is 3. The van der Waals surface area contributed by atoms with Gasteiger partial charge in [0.25, 0.3) is 5.91 Å². The molecule has 1 N–H and O–H groups in total. The number of hydrazone groups is 1. The Morgan fingerprint density at radius 2 is 1.80 bits per heavy atom. The van der Waals surface area contributed by atoms with Gasteiger partial charge in [-0.25, -0.2) is 5.01 Å². The predicted octanol–water partition coefficient (Wildman–Crippen LogP) is 6.28. The molecule has 1 atom stereocenters. The number of ether oxygens (including phenoxy) is 1. The largest absolute Gasteiger partial charge is 0.497 e. The number of hydrogen-bond acceptors (Lipinski definition) is 8. The highest BCUT2D eigenvalue weighted by atomic mass is 32.2. The van der Waals surface area contributed by atoms with Gasteiger partial charge in [0.1, 0.15) is 5.75 Å². The highest BCUT2D eigenvalue weighted by Gasteiger charge is 2.34. The summed E-state index contributed by atoms with van der Waals surface area (Å²) in [6.45, 7) is 4.25. The van der Waals surface area contributed by atoms with E-state index >= 15 is 0 Å². The fourth-order valence-corrected chi connectivity index (χ4v) is 6.88. The smallest absolute Gasteiger partial charge is 0.253 e. The molecule has 3 aromatic carbocycles. The average Bonchev–Trinajstić information content (AvgIpc) is 3.85. The number of thiophene rings is 1. The molecule has 0 aliphatic carbocycles. The Bertz CT molecular complexity index is 1850. The van der Waals surface area contributed by atoms with E-state index in [1.54, 1.807) is 23.5 Å². The molecule has 2 aromatic heterocycles. The summed E-state index contributed by atoms with van der Waals surface area (Å²) < 4.78 is 7.29. The van der Waals surface area contributed by atoms with Gasteiger partial charge in [-0.15, -0.1) is 21.5 Å². The van der Waals surface area contributed by atoms with E-state index in [-0.39, 0.29) is 36.6 Å². The lowest BCUT2D eigenvalue weighted by molar-refractivity contribution is -0.130. The van der Waals surface area contributed by atoms with E-state index in [1.165, 1.54) is 11.8 Å². The van der Waals surface area contributed by atoms with Crippen LogP contribution in [-0.2, 0) is 22.6 Å². The Kier molecular flexibility index (Phi) is 9.60. The first kappa shape index (κ1) is 31.3. The van der Waals surface area contributed by atoms with Crippen molar-refractivity contribution in [3.63, 3.8) is 0 Å². The molecule has 0 spiro atoms. The van der Waals surface area contributed by atoms with Crippen molar-refractivity contribution in [1.82, 2.24) is 25.1 Å². The third-order valence-corrected chi connectivity index (χ3v) is 9.59. The lowest BCUT2D eigenvalue weighted by Gasteiger charge is -2.22. The zero-order valence-corrected chi connectivity index (χ0v) is 27.5. The van der Waals surface area contributed by atoms with Gasteiger partial charge in [0, 0.05) is 6.42 Å². The molecule has 0 bridgehead atoms. The van der Waals surface area contributed by atoms with Crippen LogP contribution in [0.25, 0.3) is 5.69 Å². The zero-order valence-electron chi connectivity index (χ0n) is 25.8. The molecule has 3 heterocycles. The van der Waals surface area contributed by atoms with Gasteiger partial charge in [0.2, 0.25) is 5.91 Å². The summed E-state index contributed by atoms with van der Waals surface area (Å²) in [7, 11) is 1.64. The Hall–Kier alpha value is -4.74. The molecule has 11 heteroatoms. The number of aromatic nitrogens is 3. The Morgan fingerprint density at radius 3 is 2.54 bits per heavy atom. The number of thioether (sulfide) groups is 1. The van der Waals surface area contributed by atoms with Crippen molar-refractivity contribution in [3.8, 4) is 11.4 Å². The van der Waals surface area contributed by atoms with Crippen LogP contribution in [0.3, 0.4) is 0 Å². The first-order chi connectivity index (χ1) is 22.4. The van der Waals surface area contributed by atoms with Crippen LogP contribution in [0.5, 0.6) is 5.75 Å². The van der Waals surface area contributed by atoms with Crippen LogP contribution in [0.4, 0.5) is 0 Å². The number of carbonyl (C=O) groups excluding carboxylic acids is 2. The Morgan fingerprint density at radius 1 is 1.00 bits per heavy atom. The van der Waals surface area contributed by atoms with Crippen molar-refractivity contribution in [2.45, 2.75) is 44.4 Å². The van der Waals surface area contributed by atoms with Gasteiger partial charge in [-0.2, -0.15) is 5.10 Å². The minimum absolute atomic E-state index is 0.107. The molecule has 0 unspecified atom stereocenters. The van der Waals surface area contributed by atoms with Crippen LogP contribution in [0.2, 0.25) is 0 Å². The minimum atomic E-state index is -0.233. The molecular formula is C35H34N6O3S2. The summed E-state index contributed by atoms with van der Waals surface area (Å²) in [6, 6.07) is 27.4. The van der Waals surface area contributed by atoms with Gasteiger partial charge in [-0.1, -0.05) is 72.4 Å². The summed E-state index contributed by atoms with van der Waals surface area (Å²) in [5.74, 6) is 1.21. The number of methoxy groups -OCH3 is 1. The summed E-state index contributed by atoms with van der Waals surface area (Å²) in [5, 5.41) is 20.9. The standard InChI is InChI=1S/C35H34N6O3S2/c1-23-11-12-24(2)29(18-23)40-32(21-36-33(42)19-25-8-5-4-6-9-25)37-38-35(40)46-22-34(43)41-30(26-13-15-27(44-3)16-14-26)20-28(39-41)31-10-7-17-45-31/h4-18,30H,19-22H2,1-3H3,(H,36,42)/t30-/m1/s1. The second kappa shape index (κ2) is 14.1. The molecule has 46 heavy (non-hydrogen) atoms. The molecule has 5 aromatic rings. The van der Waals surface area contributed by atoms with Crippen LogP contribution in [-0.4, -0.2) is 50.2 Å². The van der Waals surface area contributed by atoms with Crippen molar-refractivity contribution >= 4 is 40.6 Å². The maximum Gasteiger partial charge on any atom is 0.253 e. The van der Waals surface area contributed by atoms with Crippen molar-refractivity contribution in [1.29, 1.82) is 0 Å². The minimum Gasteiger partial charge on any atom is -0.497 e. The van der Waals surface area contributed by atoms with Gasteiger partial charge in [0.05, 0.1) is 48.1 Å². The summed E-state index contributed by atoms with van der Waals surface area (Å²) >= 11 is 2.92. The summed E-state index contributed by atoms with van der Waals surface area (Å²) in [6.07, 6.45) is 0.891. The molecule has 1 aliphatic rings. The van der Waals surface area contributed by atoms with Crippen LogP contribution >= 0.6 is 23.1 Å². The third-order valence-electron chi connectivity index (χ3n) is 7.75. The maximum absolute atomic E-state index is 13.9. The molecule has 0 saturated heterocycles. The summed E-state index contributed by atoms with van der Waals surface area (Å²) in [4.78, 5) is 27.7. The second-order valence-electron chi connectivity index (χ2n) is 11.0. The first-order valence-corrected chi connectivity index (χ1v) is 16.8. The molecule has 1 aliphatic heterocycles. The molecule has 6 rings (SSSR count). The van der Waals surface area contributed by atoms with Crippen molar-refractivity contribution in [2.24, 2.45) is 5.10 Å². The van der Waals surface area contributed by atoms with E-state index in [1.807, 2.05) is 96.6 Å². The van der Waals surface area contributed by atoms with Gasteiger partial charge in [0.15, 0.2) is 11.0 Å². The number of amides is 2. The van der Waals surface area contributed by atoms with Crippen LogP contribution < -0.4 is 10.1 Å². The topological polar surface area (TPSA) is 102 Å². The number of aryl methyl sites for hydroxylation is 2. The lowest BCUT2D eigenvalue weighted by atomic mass is 10.0. The quantitative estimate of drug-likeness (QED) is 0.169. The van der Waals surface area contributed by atoms with Crippen LogP contribution in [0.1, 0.15) is 45.4 Å². The monoisotopic (exact) mass is 650 g/mol. The van der Waals surface area contributed by atoms with E-state index in [9.17, 15) is 9.59 Å². The molecule has 0 radical (unpaired) electrons. The molecule has 0 fully saturated rings. The number of nitrogens with zero attached hydrogens (tertiary/aromatic N) is 5. The highest BCUT2D eigenvalue weighted by Crippen LogP contribution is 2.35. The molecule has 9 nitrogen and oxygen atoms in total. The number of rotatable bonds is 11. The Labute approximate surface area is 276 Å². The van der Waals surface area contributed by atoms with E-state index < -0.39 is 0 Å². The van der Waals surface area contributed by atoms with E-state index in [2.05, 4.69) is 27.6 Å². The van der Waals surface area contributed by atoms with E-state index in [0.717, 1.165) is 44.3 Å². The van der Waals surface area contributed by atoms with Crippen LogP contribution in [0, 0.1) is 13.8 Å². The second-order valence-corrected chi connectivity index (χ2v) is 12.9. The third kappa shape index (κ3) is 7.05.